The Labute approximate surface area is 97.0 Å². The third-order valence-corrected chi connectivity index (χ3v) is 3.10. The summed E-state index contributed by atoms with van der Waals surface area (Å²) < 4.78 is 0.115. The van der Waals surface area contributed by atoms with Gasteiger partial charge in [-0.15, -0.1) is 11.8 Å². The number of rotatable bonds is 5. The van der Waals surface area contributed by atoms with Gasteiger partial charge in [0, 0.05) is 23.3 Å². The van der Waals surface area contributed by atoms with Gasteiger partial charge in [0.15, 0.2) is 0 Å². The number of hydrogen-bond donors (Lipinski definition) is 2. The summed E-state index contributed by atoms with van der Waals surface area (Å²) in [7, 11) is 0. The van der Waals surface area contributed by atoms with Gasteiger partial charge in [-0.2, -0.15) is 0 Å². The molecular formula is C11H23NO2S. The van der Waals surface area contributed by atoms with Crippen LogP contribution in [0.1, 0.15) is 34.6 Å². The third-order valence-electron chi connectivity index (χ3n) is 1.83. The van der Waals surface area contributed by atoms with E-state index < -0.39 is 0 Å². The molecule has 0 radical (unpaired) electrons. The number of aliphatic hydroxyl groups is 1. The van der Waals surface area contributed by atoms with Crippen LogP contribution < -0.4 is 5.32 Å². The van der Waals surface area contributed by atoms with Crippen molar-refractivity contribution in [2.24, 2.45) is 5.41 Å². The maximum absolute atomic E-state index is 11.4. The van der Waals surface area contributed by atoms with Crippen molar-refractivity contribution in [3.63, 3.8) is 0 Å². The summed E-state index contributed by atoms with van der Waals surface area (Å²) in [6.07, 6.45) is 0. The first kappa shape index (κ1) is 14.8. The molecule has 1 amide bonds. The molecule has 0 saturated heterocycles. The number of carbonyl (C=O) groups is 1. The van der Waals surface area contributed by atoms with Crippen molar-refractivity contribution >= 4 is 17.7 Å². The molecule has 0 saturated carbocycles. The minimum absolute atomic E-state index is 0.0384. The lowest BCUT2D eigenvalue weighted by molar-refractivity contribution is -0.119. The first-order valence-corrected chi connectivity index (χ1v) is 6.16. The Balaban J connectivity index is 3.77. The predicted molar refractivity (Wildman–Crippen MR) is 66.1 cm³/mol. The molecular weight excluding hydrogens is 210 g/mol. The standard InChI is InChI=1S/C11H23NO2S/c1-10(2,3)15-6-9(14)12-7-11(4,5)8-13/h13H,6-8H2,1-5H3,(H,12,14). The fourth-order valence-corrected chi connectivity index (χ4v) is 1.39. The zero-order valence-electron chi connectivity index (χ0n) is 10.4. The van der Waals surface area contributed by atoms with Crippen LogP contribution in [-0.2, 0) is 4.79 Å². The van der Waals surface area contributed by atoms with Crippen LogP contribution in [0, 0.1) is 5.41 Å². The van der Waals surface area contributed by atoms with Gasteiger partial charge in [0.1, 0.15) is 0 Å². The molecule has 0 aliphatic heterocycles. The van der Waals surface area contributed by atoms with Gasteiger partial charge in [0.05, 0.1) is 5.75 Å². The lowest BCUT2D eigenvalue weighted by Crippen LogP contribution is -2.37. The molecule has 0 spiro atoms. The van der Waals surface area contributed by atoms with Crippen LogP contribution in [0.2, 0.25) is 0 Å². The summed E-state index contributed by atoms with van der Waals surface area (Å²) in [6, 6.07) is 0. The van der Waals surface area contributed by atoms with Crippen molar-refractivity contribution in [3.05, 3.63) is 0 Å². The highest BCUT2D eigenvalue weighted by Crippen LogP contribution is 2.22. The number of nitrogens with one attached hydrogen (secondary N) is 1. The van der Waals surface area contributed by atoms with Crippen molar-refractivity contribution in [1.29, 1.82) is 0 Å². The maximum Gasteiger partial charge on any atom is 0.230 e. The number of carbonyl (C=O) groups excluding carboxylic acids is 1. The van der Waals surface area contributed by atoms with E-state index in [2.05, 4.69) is 26.1 Å². The van der Waals surface area contributed by atoms with Crippen molar-refractivity contribution in [2.75, 3.05) is 18.9 Å². The van der Waals surface area contributed by atoms with E-state index in [1.54, 1.807) is 11.8 Å². The summed E-state index contributed by atoms with van der Waals surface area (Å²) in [4.78, 5) is 11.4. The molecule has 0 fully saturated rings. The molecule has 0 bridgehead atoms. The lowest BCUT2D eigenvalue weighted by atomic mass is 9.95. The second kappa shape index (κ2) is 5.75. The van der Waals surface area contributed by atoms with E-state index in [9.17, 15) is 4.79 Å². The second-order valence-electron chi connectivity index (χ2n) is 5.50. The summed E-state index contributed by atoms with van der Waals surface area (Å²) in [5.74, 6) is 0.516. The Hall–Kier alpha value is -0.220. The molecule has 0 aliphatic carbocycles. The zero-order valence-corrected chi connectivity index (χ0v) is 11.2. The van der Waals surface area contributed by atoms with Gasteiger partial charge in [0.2, 0.25) is 5.91 Å². The van der Waals surface area contributed by atoms with Crippen molar-refractivity contribution < 1.29 is 9.90 Å². The van der Waals surface area contributed by atoms with Gasteiger partial charge >= 0.3 is 0 Å². The van der Waals surface area contributed by atoms with E-state index in [0.717, 1.165) is 0 Å². The predicted octanol–water partition coefficient (Wildman–Crippen LogP) is 1.65. The third kappa shape index (κ3) is 8.75. The molecule has 3 nitrogen and oxygen atoms in total. The largest absolute Gasteiger partial charge is 0.396 e. The number of hydrogen-bond acceptors (Lipinski definition) is 3. The van der Waals surface area contributed by atoms with Gasteiger partial charge in [-0.25, -0.2) is 0 Å². The molecule has 0 atom stereocenters. The fraction of sp³-hybridized carbons (Fsp3) is 0.909. The molecule has 90 valence electrons. The van der Waals surface area contributed by atoms with Crippen LogP contribution in [0.4, 0.5) is 0 Å². The molecule has 0 rings (SSSR count). The summed E-state index contributed by atoms with van der Waals surface area (Å²) in [5.41, 5.74) is -0.234. The highest BCUT2D eigenvalue weighted by Gasteiger charge is 2.18. The summed E-state index contributed by atoms with van der Waals surface area (Å²) in [6.45, 7) is 10.7. The number of thioether (sulfide) groups is 1. The smallest absolute Gasteiger partial charge is 0.230 e. The van der Waals surface area contributed by atoms with E-state index in [1.165, 1.54) is 0 Å². The normalized spacial score (nSPS) is 12.7. The number of amides is 1. The number of aliphatic hydroxyl groups excluding tert-OH is 1. The molecule has 0 unspecified atom stereocenters. The molecule has 2 N–H and O–H groups in total. The van der Waals surface area contributed by atoms with Gasteiger partial charge in [-0.1, -0.05) is 34.6 Å². The van der Waals surface area contributed by atoms with Crippen molar-refractivity contribution in [1.82, 2.24) is 5.32 Å². The van der Waals surface area contributed by atoms with Crippen LogP contribution in [0.25, 0.3) is 0 Å². The first-order chi connectivity index (χ1) is 6.66. The van der Waals surface area contributed by atoms with Crippen LogP contribution >= 0.6 is 11.8 Å². The van der Waals surface area contributed by atoms with Crippen LogP contribution in [0.5, 0.6) is 0 Å². The Morgan fingerprint density at radius 1 is 1.27 bits per heavy atom. The average Bonchev–Trinajstić information content (AvgIpc) is 2.10. The zero-order chi connectivity index (χ0) is 12.1. The maximum atomic E-state index is 11.4. The van der Waals surface area contributed by atoms with Crippen molar-refractivity contribution in [2.45, 2.75) is 39.4 Å². The molecule has 15 heavy (non-hydrogen) atoms. The monoisotopic (exact) mass is 233 g/mol. The van der Waals surface area contributed by atoms with Gasteiger partial charge in [0.25, 0.3) is 0 Å². The Bertz CT molecular complexity index is 209. The highest BCUT2D eigenvalue weighted by molar-refractivity contribution is 8.01. The van der Waals surface area contributed by atoms with Gasteiger partial charge in [-0.05, 0) is 0 Å². The lowest BCUT2D eigenvalue weighted by Gasteiger charge is -2.22. The van der Waals surface area contributed by atoms with E-state index in [4.69, 9.17) is 5.11 Å². The molecule has 4 heteroatoms. The minimum atomic E-state index is -0.234. The van der Waals surface area contributed by atoms with E-state index in [0.29, 0.717) is 12.3 Å². The molecule has 0 aromatic heterocycles. The Kier molecular flexibility index (Phi) is 5.67. The summed E-state index contributed by atoms with van der Waals surface area (Å²) >= 11 is 1.63. The minimum Gasteiger partial charge on any atom is -0.396 e. The second-order valence-corrected chi connectivity index (χ2v) is 7.30. The quantitative estimate of drug-likeness (QED) is 0.759. The Morgan fingerprint density at radius 2 is 1.80 bits per heavy atom. The SMILES string of the molecule is CC(C)(CO)CNC(=O)CSC(C)(C)C. The fourth-order valence-electron chi connectivity index (χ4n) is 0.727. The molecule has 0 aromatic rings. The highest BCUT2D eigenvalue weighted by atomic mass is 32.2. The molecule has 0 aliphatic rings. The van der Waals surface area contributed by atoms with Crippen LogP contribution in [0.15, 0.2) is 0 Å². The van der Waals surface area contributed by atoms with Gasteiger partial charge in [-0.3, -0.25) is 4.79 Å². The van der Waals surface area contributed by atoms with E-state index in [1.807, 2.05) is 13.8 Å². The first-order valence-electron chi connectivity index (χ1n) is 5.18. The topological polar surface area (TPSA) is 49.3 Å². The van der Waals surface area contributed by atoms with Gasteiger partial charge < -0.3 is 10.4 Å². The van der Waals surface area contributed by atoms with Crippen molar-refractivity contribution in [3.8, 4) is 0 Å². The van der Waals surface area contributed by atoms with E-state index in [-0.39, 0.29) is 22.7 Å². The van der Waals surface area contributed by atoms with Crippen LogP contribution in [0.3, 0.4) is 0 Å². The van der Waals surface area contributed by atoms with Crippen LogP contribution in [-0.4, -0.2) is 34.7 Å². The van der Waals surface area contributed by atoms with E-state index >= 15 is 0 Å². The molecule has 0 aromatic carbocycles. The summed E-state index contributed by atoms with van der Waals surface area (Å²) in [5, 5.41) is 11.8. The molecule has 0 heterocycles. The average molecular weight is 233 g/mol. The Morgan fingerprint density at radius 3 is 2.20 bits per heavy atom.